The number of halogens is 3. The Morgan fingerprint density at radius 2 is 1.86 bits per heavy atom. The molecule has 2 aromatic rings. The number of nitrogens with zero attached hydrogens (tertiary/aromatic N) is 3. The maximum Gasteiger partial charge on any atom is 0.406 e. The number of nitrogens with one attached hydrogen (secondary N) is 2. The highest BCUT2D eigenvalue weighted by atomic mass is 19.4. The first-order valence-electron chi connectivity index (χ1n) is 9.21. The van der Waals surface area contributed by atoms with E-state index in [1.54, 1.807) is 37.3 Å². The summed E-state index contributed by atoms with van der Waals surface area (Å²) in [6, 6.07) is 6.42. The number of rotatable bonds is 3. The number of aromatic nitrogens is 2. The molecule has 1 fully saturated rings. The van der Waals surface area contributed by atoms with Crippen LogP contribution in [-0.4, -0.2) is 39.5 Å². The molecular weight excluding hydrogens is 387 g/mol. The van der Waals surface area contributed by atoms with Crippen molar-refractivity contribution in [3.05, 3.63) is 53.4 Å². The van der Waals surface area contributed by atoms with E-state index in [-0.39, 0.29) is 17.4 Å². The van der Waals surface area contributed by atoms with E-state index in [1.807, 2.05) is 13.8 Å². The fraction of sp³-hybridized carbons (Fsp3) is 0.421. The number of hydrogen-bond acceptors (Lipinski definition) is 6. The molecule has 3 atom stereocenters. The predicted octanol–water partition coefficient (Wildman–Crippen LogP) is 2.91. The summed E-state index contributed by atoms with van der Waals surface area (Å²) in [4.78, 5) is 13.1. The van der Waals surface area contributed by atoms with Gasteiger partial charge in [0.05, 0.1) is 5.92 Å². The van der Waals surface area contributed by atoms with Gasteiger partial charge in [-0.25, -0.2) is 10.4 Å². The molecule has 1 saturated heterocycles. The van der Waals surface area contributed by atoms with Crippen molar-refractivity contribution >= 4 is 11.5 Å². The molecule has 7 nitrogen and oxygen atoms in total. The van der Waals surface area contributed by atoms with Crippen molar-refractivity contribution in [1.29, 1.82) is 0 Å². The summed E-state index contributed by atoms with van der Waals surface area (Å²) in [5.41, 5.74) is 3.28. The van der Waals surface area contributed by atoms with Crippen molar-refractivity contribution in [3.63, 3.8) is 0 Å². The van der Waals surface area contributed by atoms with E-state index < -0.39 is 30.2 Å². The minimum Gasteiger partial charge on any atom is -0.420 e. The SMILES string of the molecule is CC1=C(c2nnc(C(C)C)o2)C(=O)N2NC(C(F)(F)F)C(c3ccccc3)C2N1. The molecular formula is C19H20F3N5O2. The molecule has 154 valence electrons. The minimum absolute atomic E-state index is 0.0179. The highest BCUT2D eigenvalue weighted by molar-refractivity contribution is 6.19. The molecule has 4 rings (SSSR count). The van der Waals surface area contributed by atoms with Crippen molar-refractivity contribution in [3.8, 4) is 0 Å². The molecule has 29 heavy (non-hydrogen) atoms. The van der Waals surface area contributed by atoms with Crippen LogP contribution in [0.1, 0.15) is 50.0 Å². The first kappa shape index (κ1) is 19.4. The fourth-order valence-electron chi connectivity index (χ4n) is 3.72. The van der Waals surface area contributed by atoms with Crippen LogP contribution < -0.4 is 10.7 Å². The van der Waals surface area contributed by atoms with Gasteiger partial charge in [0.15, 0.2) is 0 Å². The highest BCUT2D eigenvalue weighted by Crippen LogP contribution is 2.42. The molecule has 1 aromatic heterocycles. The van der Waals surface area contributed by atoms with Crippen LogP contribution in [0.25, 0.3) is 5.57 Å². The lowest BCUT2D eigenvalue weighted by molar-refractivity contribution is -0.161. The van der Waals surface area contributed by atoms with Gasteiger partial charge in [-0.2, -0.15) is 13.2 Å². The topological polar surface area (TPSA) is 83.3 Å². The molecule has 1 amide bonds. The van der Waals surface area contributed by atoms with Crippen LogP contribution in [0.2, 0.25) is 0 Å². The third kappa shape index (κ3) is 3.27. The van der Waals surface area contributed by atoms with Crippen LogP contribution in [0.5, 0.6) is 0 Å². The largest absolute Gasteiger partial charge is 0.420 e. The summed E-state index contributed by atoms with van der Waals surface area (Å²) < 4.78 is 46.9. The number of allylic oxidation sites excluding steroid dienone is 1. The van der Waals surface area contributed by atoms with Gasteiger partial charge in [-0.15, -0.1) is 10.2 Å². The van der Waals surface area contributed by atoms with Gasteiger partial charge in [0.2, 0.25) is 5.89 Å². The van der Waals surface area contributed by atoms with E-state index in [9.17, 15) is 18.0 Å². The molecule has 2 aliphatic rings. The van der Waals surface area contributed by atoms with E-state index in [1.165, 1.54) is 0 Å². The summed E-state index contributed by atoms with van der Waals surface area (Å²) in [7, 11) is 0. The summed E-state index contributed by atoms with van der Waals surface area (Å²) >= 11 is 0. The fourth-order valence-corrected chi connectivity index (χ4v) is 3.72. The van der Waals surface area contributed by atoms with Crippen molar-refractivity contribution in [1.82, 2.24) is 25.9 Å². The number of benzene rings is 1. The molecule has 2 N–H and O–H groups in total. The lowest BCUT2D eigenvalue weighted by atomic mass is 9.89. The average Bonchev–Trinajstić information content (AvgIpc) is 3.27. The number of amides is 1. The third-order valence-corrected chi connectivity index (χ3v) is 5.11. The first-order chi connectivity index (χ1) is 13.7. The molecule has 3 unspecified atom stereocenters. The van der Waals surface area contributed by atoms with E-state index in [4.69, 9.17) is 4.42 Å². The van der Waals surface area contributed by atoms with Gasteiger partial charge in [-0.3, -0.25) is 4.79 Å². The maximum atomic E-state index is 13.8. The van der Waals surface area contributed by atoms with E-state index in [0.717, 1.165) is 5.01 Å². The quantitative estimate of drug-likeness (QED) is 0.814. The third-order valence-electron chi connectivity index (χ3n) is 5.11. The van der Waals surface area contributed by atoms with Crippen LogP contribution in [0, 0.1) is 0 Å². The van der Waals surface area contributed by atoms with Crippen LogP contribution in [0.3, 0.4) is 0 Å². The van der Waals surface area contributed by atoms with Crippen molar-refractivity contribution in [2.45, 2.75) is 51.0 Å². The van der Waals surface area contributed by atoms with Crippen LogP contribution >= 0.6 is 0 Å². The molecule has 10 heteroatoms. The van der Waals surface area contributed by atoms with Crippen LogP contribution in [-0.2, 0) is 4.79 Å². The number of alkyl halides is 3. The Bertz CT molecular complexity index is 954. The monoisotopic (exact) mass is 407 g/mol. The average molecular weight is 407 g/mol. The van der Waals surface area contributed by atoms with Gasteiger partial charge >= 0.3 is 6.18 Å². The van der Waals surface area contributed by atoms with E-state index in [0.29, 0.717) is 17.2 Å². The Morgan fingerprint density at radius 1 is 1.17 bits per heavy atom. The standard InChI is InChI=1S/C19H20F3N5O2/c1-9(2)16-24-25-17(29-16)12-10(3)23-15-13(11-7-5-4-6-8-11)14(19(20,21)22)26-27(15)18(12)28/h4-9,13-15,23,26H,1-3H3. The molecule has 0 saturated carbocycles. The number of carbonyl (C=O) groups is 1. The van der Waals surface area contributed by atoms with Gasteiger partial charge in [-0.1, -0.05) is 44.2 Å². The molecule has 0 spiro atoms. The summed E-state index contributed by atoms with van der Waals surface area (Å²) in [5, 5.41) is 11.8. The second-order valence-corrected chi connectivity index (χ2v) is 7.45. The molecule has 1 aromatic carbocycles. The van der Waals surface area contributed by atoms with Gasteiger partial charge < -0.3 is 9.73 Å². The maximum absolute atomic E-state index is 13.8. The predicted molar refractivity (Wildman–Crippen MR) is 96.9 cm³/mol. The zero-order chi connectivity index (χ0) is 20.9. The van der Waals surface area contributed by atoms with E-state index >= 15 is 0 Å². The van der Waals surface area contributed by atoms with Crippen molar-refractivity contribution in [2.24, 2.45) is 0 Å². The Hall–Kier alpha value is -2.88. The van der Waals surface area contributed by atoms with Gasteiger partial charge in [0.25, 0.3) is 11.8 Å². The normalized spacial score (nSPS) is 24.9. The van der Waals surface area contributed by atoms with Crippen LogP contribution in [0.4, 0.5) is 13.2 Å². The molecule has 2 aliphatic heterocycles. The van der Waals surface area contributed by atoms with Crippen molar-refractivity contribution in [2.75, 3.05) is 0 Å². The first-order valence-corrected chi connectivity index (χ1v) is 9.21. The lowest BCUT2D eigenvalue weighted by Gasteiger charge is -2.34. The Kier molecular flexibility index (Phi) is 4.60. The summed E-state index contributed by atoms with van der Waals surface area (Å²) in [5.74, 6) is -1.38. The number of hydrogen-bond donors (Lipinski definition) is 2. The molecule has 0 radical (unpaired) electrons. The lowest BCUT2D eigenvalue weighted by Crippen LogP contribution is -2.54. The second kappa shape index (κ2) is 6.87. The Labute approximate surface area is 164 Å². The summed E-state index contributed by atoms with van der Waals surface area (Å²) in [6.45, 7) is 5.33. The van der Waals surface area contributed by atoms with Crippen LogP contribution in [0.15, 0.2) is 40.4 Å². The van der Waals surface area contributed by atoms with Crippen molar-refractivity contribution < 1.29 is 22.4 Å². The zero-order valence-corrected chi connectivity index (χ0v) is 16.0. The van der Waals surface area contributed by atoms with Gasteiger partial charge in [0, 0.05) is 11.6 Å². The Balaban J connectivity index is 1.74. The smallest absolute Gasteiger partial charge is 0.406 e. The Morgan fingerprint density at radius 3 is 2.45 bits per heavy atom. The highest BCUT2D eigenvalue weighted by Gasteiger charge is 2.58. The number of carbonyl (C=O) groups excluding carboxylic acids is 1. The number of hydrazine groups is 1. The van der Waals surface area contributed by atoms with E-state index in [2.05, 4.69) is 20.9 Å². The minimum atomic E-state index is -4.55. The molecule has 0 bridgehead atoms. The van der Waals surface area contributed by atoms with Gasteiger partial charge in [0.1, 0.15) is 17.8 Å². The molecule has 3 heterocycles. The van der Waals surface area contributed by atoms with Gasteiger partial charge in [-0.05, 0) is 12.5 Å². The second-order valence-electron chi connectivity index (χ2n) is 7.45. The summed E-state index contributed by atoms with van der Waals surface area (Å²) in [6.07, 6.45) is -5.46. The zero-order valence-electron chi connectivity index (χ0n) is 16.0. The molecule has 0 aliphatic carbocycles. The number of fused-ring (bicyclic) bond motifs is 1.